The number of hydrogen-bond acceptors (Lipinski definition) is 5. The maximum atomic E-state index is 12.7. The van der Waals surface area contributed by atoms with Crippen LogP contribution in [0.1, 0.15) is 13.8 Å². The molecule has 1 saturated heterocycles. The van der Waals surface area contributed by atoms with E-state index < -0.39 is 20.6 Å². The van der Waals surface area contributed by atoms with Crippen molar-refractivity contribution < 1.29 is 13.3 Å². The molecular formula is C12H16ClN3O4S. The highest BCUT2D eigenvalue weighted by Gasteiger charge is 2.37. The van der Waals surface area contributed by atoms with Crippen LogP contribution in [0.3, 0.4) is 0 Å². The highest BCUT2D eigenvalue weighted by molar-refractivity contribution is 7.89. The van der Waals surface area contributed by atoms with Crippen molar-refractivity contribution in [3.63, 3.8) is 0 Å². The summed E-state index contributed by atoms with van der Waals surface area (Å²) < 4.78 is 26.6. The summed E-state index contributed by atoms with van der Waals surface area (Å²) in [6.45, 7) is 4.77. The van der Waals surface area contributed by atoms with Gasteiger partial charge in [-0.3, -0.25) is 10.1 Å². The SMILES string of the molecule is CC1(C)CN(S(=O)(=O)c2ccc(Cl)cc2[N+](=O)[O-])CCN1. The molecular weight excluding hydrogens is 318 g/mol. The Morgan fingerprint density at radius 3 is 2.67 bits per heavy atom. The summed E-state index contributed by atoms with van der Waals surface area (Å²) in [5.41, 5.74) is -0.883. The molecule has 0 bridgehead atoms. The van der Waals surface area contributed by atoms with Crippen molar-refractivity contribution >= 4 is 27.3 Å². The van der Waals surface area contributed by atoms with Crippen molar-refractivity contribution in [2.75, 3.05) is 19.6 Å². The van der Waals surface area contributed by atoms with Crippen molar-refractivity contribution in [2.45, 2.75) is 24.3 Å². The van der Waals surface area contributed by atoms with Crippen LogP contribution < -0.4 is 5.32 Å². The maximum absolute atomic E-state index is 12.7. The Hall–Kier alpha value is -1.22. The number of nitro groups is 1. The van der Waals surface area contributed by atoms with Gasteiger partial charge in [0.15, 0.2) is 4.90 Å². The van der Waals surface area contributed by atoms with Crippen LogP contribution in [0.4, 0.5) is 5.69 Å². The van der Waals surface area contributed by atoms with Crippen LogP contribution in [0.25, 0.3) is 0 Å². The van der Waals surface area contributed by atoms with Crippen LogP contribution >= 0.6 is 11.6 Å². The Morgan fingerprint density at radius 1 is 1.43 bits per heavy atom. The Bertz CT molecular complexity index is 675. The number of sulfonamides is 1. The summed E-state index contributed by atoms with van der Waals surface area (Å²) >= 11 is 5.72. The molecule has 0 atom stereocenters. The number of rotatable bonds is 3. The Balaban J connectivity index is 2.47. The minimum Gasteiger partial charge on any atom is -0.309 e. The molecule has 1 aromatic carbocycles. The molecule has 0 aromatic heterocycles. The molecule has 1 aliphatic heterocycles. The maximum Gasteiger partial charge on any atom is 0.290 e. The molecule has 7 nitrogen and oxygen atoms in total. The lowest BCUT2D eigenvalue weighted by Crippen LogP contribution is -2.58. The fourth-order valence-electron chi connectivity index (χ4n) is 2.29. The molecule has 2 rings (SSSR count). The highest BCUT2D eigenvalue weighted by atomic mass is 35.5. The van der Waals surface area contributed by atoms with Gasteiger partial charge < -0.3 is 5.32 Å². The van der Waals surface area contributed by atoms with E-state index in [-0.39, 0.29) is 28.5 Å². The van der Waals surface area contributed by atoms with E-state index in [0.717, 1.165) is 6.07 Å². The van der Waals surface area contributed by atoms with Gasteiger partial charge in [0.05, 0.1) is 4.92 Å². The van der Waals surface area contributed by atoms with E-state index >= 15 is 0 Å². The zero-order chi connectivity index (χ0) is 15.8. The third kappa shape index (κ3) is 3.34. The third-order valence-electron chi connectivity index (χ3n) is 3.27. The summed E-state index contributed by atoms with van der Waals surface area (Å²) in [6, 6.07) is 3.58. The van der Waals surface area contributed by atoms with Crippen molar-refractivity contribution in [3.05, 3.63) is 33.3 Å². The molecule has 9 heteroatoms. The van der Waals surface area contributed by atoms with E-state index in [1.165, 1.54) is 16.4 Å². The summed E-state index contributed by atoms with van der Waals surface area (Å²) in [5, 5.41) is 14.4. The Kier molecular flexibility index (Phi) is 4.25. The fraction of sp³-hybridized carbons (Fsp3) is 0.500. The van der Waals surface area contributed by atoms with Crippen LogP contribution in [-0.2, 0) is 10.0 Å². The molecule has 0 unspecified atom stereocenters. The number of nitrogens with zero attached hydrogens (tertiary/aromatic N) is 2. The summed E-state index contributed by atoms with van der Waals surface area (Å²) in [4.78, 5) is 10.0. The van der Waals surface area contributed by atoms with Crippen LogP contribution in [-0.4, -0.2) is 42.8 Å². The first kappa shape index (κ1) is 16.2. The molecule has 21 heavy (non-hydrogen) atoms. The molecule has 1 heterocycles. The predicted molar refractivity (Wildman–Crippen MR) is 78.9 cm³/mol. The molecule has 0 saturated carbocycles. The molecule has 1 aromatic rings. The lowest BCUT2D eigenvalue weighted by molar-refractivity contribution is -0.387. The molecule has 0 aliphatic carbocycles. The topological polar surface area (TPSA) is 92.5 Å². The van der Waals surface area contributed by atoms with Crippen molar-refractivity contribution in [1.82, 2.24) is 9.62 Å². The van der Waals surface area contributed by atoms with Gasteiger partial charge in [0.25, 0.3) is 5.69 Å². The number of piperazine rings is 1. The lowest BCUT2D eigenvalue weighted by atomic mass is 10.0. The first-order valence-electron chi connectivity index (χ1n) is 6.33. The number of nitrogens with one attached hydrogen (secondary N) is 1. The molecule has 0 radical (unpaired) electrons. The van der Waals surface area contributed by atoms with Crippen molar-refractivity contribution in [3.8, 4) is 0 Å². The first-order chi connectivity index (χ1) is 9.63. The molecule has 116 valence electrons. The van der Waals surface area contributed by atoms with Gasteiger partial charge in [-0.25, -0.2) is 8.42 Å². The summed E-state index contributed by atoms with van der Waals surface area (Å²) in [5.74, 6) is 0. The number of halogens is 1. The number of benzene rings is 1. The molecule has 0 spiro atoms. The van der Waals surface area contributed by atoms with Crippen LogP contribution in [0.15, 0.2) is 23.1 Å². The van der Waals surface area contributed by atoms with E-state index in [2.05, 4.69) is 5.32 Å². The average Bonchev–Trinajstić information content (AvgIpc) is 2.37. The zero-order valence-electron chi connectivity index (χ0n) is 11.7. The zero-order valence-corrected chi connectivity index (χ0v) is 13.2. The van der Waals surface area contributed by atoms with E-state index in [9.17, 15) is 18.5 Å². The van der Waals surface area contributed by atoms with Gasteiger partial charge in [0.2, 0.25) is 10.0 Å². The Morgan fingerprint density at radius 2 is 2.10 bits per heavy atom. The molecule has 1 fully saturated rings. The van der Waals surface area contributed by atoms with Crippen molar-refractivity contribution in [2.24, 2.45) is 0 Å². The minimum absolute atomic E-state index is 0.126. The quantitative estimate of drug-likeness (QED) is 0.670. The standard InChI is InChI=1S/C12H16ClN3O4S/c1-12(2)8-15(6-5-14-12)21(19,20)11-4-3-9(13)7-10(11)16(17)18/h3-4,7,14H,5-6,8H2,1-2H3. The normalized spacial score (nSPS) is 19.4. The average molecular weight is 334 g/mol. The van der Waals surface area contributed by atoms with Crippen LogP contribution in [0.5, 0.6) is 0 Å². The second-order valence-electron chi connectivity index (χ2n) is 5.52. The second kappa shape index (κ2) is 5.53. The van der Waals surface area contributed by atoms with Gasteiger partial charge in [-0.1, -0.05) is 11.6 Å². The summed E-state index contributed by atoms with van der Waals surface area (Å²) in [7, 11) is -3.93. The van der Waals surface area contributed by atoms with Crippen molar-refractivity contribution in [1.29, 1.82) is 0 Å². The van der Waals surface area contributed by atoms with Gasteiger partial charge in [0.1, 0.15) is 0 Å². The smallest absolute Gasteiger partial charge is 0.290 e. The molecule has 1 aliphatic rings. The third-order valence-corrected chi connectivity index (χ3v) is 5.40. The van der Waals surface area contributed by atoms with Gasteiger partial charge in [-0.05, 0) is 26.0 Å². The fourth-order valence-corrected chi connectivity index (χ4v) is 4.20. The van der Waals surface area contributed by atoms with Crippen LogP contribution in [0, 0.1) is 10.1 Å². The number of nitro benzene ring substituents is 1. The van der Waals surface area contributed by atoms with Gasteiger partial charge in [-0.15, -0.1) is 0 Å². The van der Waals surface area contributed by atoms with Crippen LogP contribution in [0.2, 0.25) is 5.02 Å². The lowest BCUT2D eigenvalue weighted by Gasteiger charge is -2.38. The predicted octanol–water partition coefficient (Wildman–Crippen LogP) is 1.62. The Labute approximate surface area is 128 Å². The number of hydrogen-bond donors (Lipinski definition) is 1. The van der Waals surface area contributed by atoms with E-state index in [4.69, 9.17) is 11.6 Å². The highest BCUT2D eigenvalue weighted by Crippen LogP contribution is 2.30. The van der Waals surface area contributed by atoms with E-state index in [1.807, 2.05) is 13.8 Å². The monoisotopic (exact) mass is 333 g/mol. The second-order valence-corrected chi connectivity index (χ2v) is 7.86. The van der Waals surface area contributed by atoms with Gasteiger partial charge in [-0.2, -0.15) is 4.31 Å². The van der Waals surface area contributed by atoms with Gasteiger partial charge >= 0.3 is 0 Å². The molecule has 1 N–H and O–H groups in total. The largest absolute Gasteiger partial charge is 0.309 e. The minimum atomic E-state index is -3.93. The van der Waals surface area contributed by atoms with E-state index in [0.29, 0.717) is 6.54 Å². The van der Waals surface area contributed by atoms with Gasteiger partial charge in [0, 0.05) is 36.3 Å². The summed E-state index contributed by atoms with van der Waals surface area (Å²) in [6.07, 6.45) is 0. The first-order valence-corrected chi connectivity index (χ1v) is 8.14. The molecule has 0 amide bonds. The van der Waals surface area contributed by atoms with E-state index in [1.54, 1.807) is 0 Å².